The minimum atomic E-state index is -0.216. The van der Waals surface area contributed by atoms with Gasteiger partial charge in [0.25, 0.3) is 0 Å². The number of hydrogen-bond donors (Lipinski definition) is 2. The van der Waals surface area contributed by atoms with Gasteiger partial charge in [-0.25, -0.2) is 4.39 Å². The van der Waals surface area contributed by atoms with Gasteiger partial charge in [0.2, 0.25) is 0 Å². The zero-order chi connectivity index (χ0) is 17.4. The number of nitrogens with one attached hydrogen (secondary N) is 2. The van der Waals surface area contributed by atoms with Gasteiger partial charge in [0.05, 0.1) is 6.04 Å². The van der Waals surface area contributed by atoms with Crippen LogP contribution in [0.2, 0.25) is 0 Å². The molecule has 7 heteroatoms. The van der Waals surface area contributed by atoms with Crippen LogP contribution in [0.1, 0.15) is 11.6 Å². The van der Waals surface area contributed by atoms with Crippen molar-refractivity contribution in [2.24, 2.45) is 4.99 Å². The van der Waals surface area contributed by atoms with E-state index in [1.165, 1.54) is 12.1 Å². The van der Waals surface area contributed by atoms with Gasteiger partial charge in [0.15, 0.2) is 5.96 Å². The van der Waals surface area contributed by atoms with E-state index in [4.69, 9.17) is 0 Å². The second kappa shape index (κ2) is 11.1. The average Bonchev–Trinajstić information content (AvgIpc) is 3.08. The zero-order valence-corrected chi connectivity index (χ0v) is 17.3. The summed E-state index contributed by atoms with van der Waals surface area (Å²) in [6.07, 6.45) is 4.07. The highest BCUT2D eigenvalue weighted by molar-refractivity contribution is 14.0. The van der Waals surface area contributed by atoms with Crippen molar-refractivity contribution in [3.63, 3.8) is 0 Å². The van der Waals surface area contributed by atoms with Gasteiger partial charge in [-0.15, -0.1) is 24.0 Å². The standard InChI is InChI=1S/C18H26FN5.HI/c1-20-18(21-10-13-24-11-4-5-12-24)22-14-17(23(2)3)15-6-8-16(19)9-7-15;/h4-9,11-12,17H,10,13-14H2,1-3H3,(H2,20,21,22);1H. The van der Waals surface area contributed by atoms with Crippen LogP contribution in [0.5, 0.6) is 0 Å². The summed E-state index contributed by atoms with van der Waals surface area (Å²) in [6, 6.07) is 10.8. The maximum Gasteiger partial charge on any atom is 0.191 e. The van der Waals surface area contributed by atoms with Crippen molar-refractivity contribution in [2.45, 2.75) is 12.6 Å². The molecule has 0 aliphatic heterocycles. The molecule has 5 nitrogen and oxygen atoms in total. The summed E-state index contributed by atoms with van der Waals surface area (Å²) in [4.78, 5) is 6.36. The van der Waals surface area contributed by atoms with Crippen LogP contribution in [0, 0.1) is 5.82 Å². The van der Waals surface area contributed by atoms with Crippen molar-refractivity contribution in [1.29, 1.82) is 0 Å². The van der Waals surface area contributed by atoms with E-state index >= 15 is 0 Å². The van der Waals surface area contributed by atoms with E-state index in [1.807, 2.05) is 50.8 Å². The molecule has 0 aliphatic carbocycles. The third kappa shape index (κ3) is 7.03. The first-order valence-electron chi connectivity index (χ1n) is 8.07. The molecule has 0 aliphatic rings. The van der Waals surface area contributed by atoms with Crippen LogP contribution in [-0.2, 0) is 6.54 Å². The Kier molecular flexibility index (Phi) is 9.51. The van der Waals surface area contributed by atoms with Gasteiger partial charge in [0.1, 0.15) is 5.82 Å². The van der Waals surface area contributed by atoms with Gasteiger partial charge in [-0.05, 0) is 43.9 Å². The number of halogens is 2. The summed E-state index contributed by atoms with van der Waals surface area (Å²) in [5.41, 5.74) is 1.07. The van der Waals surface area contributed by atoms with Gasteiger partial charge >= 0.3 is 0 Å². The molecular weight excluding hydrogens is 432 g/mol. The third-order valence-electron chi connectivity index (χ3n) is 3.89. The van der Waals surface area contributed by atoms with E-state index in [0.717, 1.165) is 24.6 Å². The molecule has 1 aromatic heterocycles. The summed E-state index contributed by atoms with van der Waals surface area (Å²) >= 11 is 0. The van der Waals surface area contributed by atoms with Crippen molar-refractivity contribution >= 4 is 29.9 Å². The van der Waals surface area contributed by atoms with E-state index in [0.29, 0.717) is 6.54 Å². The zero-order valence-electron chi connectivity index (χ0n) is 14.9. The second-order valence-corrected chi connectivity index (χ2v) is 5.83. The lowest BCUT2D eigenvalue weighted by Crippen LogP contribution is -2.42. The summed E-state index contributed by atoms with van der Waals surface area (Å²) < 4.78 is 15.2. The summed E-state index contributed by atoms with van der Waals surface area (Å²) in [5.74, 6) is 0.544. The fourth-order valence-electron chi connectivity index (χ4n) is 2.52. The number of nitrogens with zero attached hydrogens (tertiary/aromatic N) is 3. The Labute approximate surface area is 166 Å². The molecule has 0 saturated heterocycles. The smallest absolute Gasteiger partial charge is 0.191 e. The predicted molar refractivity (Wildman–Crippen MR) is 112 cm³/mol. The second-order valence-electron chi connectivity index (χ2n) is 5.83. The molecule has 0 fully saturated rings. The predicted octanol–water partition coefficient (Wildman–Crippen LogP) is 2.71. The fourth-order valence-corrected chi connectivity index (χ4v) is 2.52. The lowest BCUT2D eigenvalue weighted by Gasteiger charge is -2.26. The molecule has 2 N–H and O–H groups in total. The van der Waals surface area contributed by atoms with E-state index in [9.17, 15) is 4.39 Å². The van der Waals surface area contributed by atoms with Gasteiger partial charge < -0.3 is 20.1 Å². The van der Waals surface area contributed by atoms with E-state index in [-0.39, 0.29) is 35.8 Å². The number of aliphatic imine (C=N–C) groups is 1. The molecule has 2 rings (SSSR count). The molecule has 1 heterocycles. The lowest BCUT2D eigenvalue weighted by atomic mass is 10.1. The number of likely N-dealkylation sites (N-methyl/N-ethyl adjacent to an activating group) is 1. The molecule has 138 valence electrons. The van der Waals surface area contributed by atoms with Crippen molar-refractivity contribution in [2.75, 3.05) is 34.2 Å². The van der Waals surface area contributed by atoms with Gasteiger partial charge in [0, 0.05) is 39.1 Å². The van der Waals surface area contributed by atoms with Crippen LogP contribution in [0.4, 0.5) is 4.39 Å². The first kappa shape index (κ1) is 21.4. The van der Waals surface area contributed by atoms with Crippen LogP contribution in [0.3, 0.4) is 0 Å². The van der Waals surface area contributed by atoms with Crippen molar-refractivity contribution < 1.29 is 4.39 Å². The highest BCUT2D eigenvalue weighted by Crippen LogP contribution is 2.17. The molecule has 1 atom stereocenters. The highest BCUT2D eigenvalue weighted by atomic mass is 127. The molecular formula is C18H27FIN5. The van der Waals surface area contributed by atoms with Gasteiger partial charge in [-0.1, -0.05) is 12.1 Å². The first-order valence-corrected chi connectivity index (χ1v) is 8.07. The van der Waals surface area contributed by atoms with Crippen molar-refractivity contribution in [3.05, 3.63) is 60.2 Å². The lowest BCUT2D eigenvalue weighted by molar-refractivity contribution is 0.298. The largest absolute Gasteiger partial charge is 0.355 e. The van der Waals surface area contributed by atoms with Crippen molar-refractivity contribution in [1.82, 2.24) is 20.1 Å². The van der Waals surface area contributed by atoms with Crippen molar-refractivity contribution in [3.8, 4) is 0 Å². The minimum Gasteiger partial charge on any atom is -0.355 e. The maximum absolute atomic E-state index is 13.1. The van der Waals surface area contributed by atoms with Crippen LogP contribution in [0.15, 0.2) is 53.8 Å². The molecule has 1 unspecified atom stereocenters. The number of benzene rings is 1. The van der Waals surface area contributed by atoms with E-state index in [1.54, 1.807) is 7.05 Å². The molecule has 0 amide bonds. The normalized spacial score (nSPS) is 12.6. The number of hydrogen-bond acceptors (Lipinski definition) is 2. The number of aromatic nitrogens is 1. The fraction of sp³-hybridized carbons (Fsp3) is 0.389. The molecule has 0 spiro atoms. The Morgan fingerprint density at radius 1 is 1.16 bits per heavy atom. The Balaban J connectivity index is 0.00000312. The van der Waals surface area contributed by atoms with Gasteiger partial charge in [-0.3, -0.25) is 4.99 Å². The Bertz CT molecular complexity index is 625. The first-order chi connectivity index (χ1) is 11.6. The van der Waals surface area contributed by atoms with Crippen LogP contribution in [0.25, 0.3) is 0 Å². The van der Waals surface area contributed by atoms with E-state index in [2.05, 4.69) is 25.1 Å². The van der Waals surface area contributed by atoms with Gasteiger partial charge in [-0.2, -0.15) is 0 Å². The molecule has 2 aromatic rings. The van der Waals surface area contributed by atoms with Crippen LogP contribution < -0.4 is 10.6 Å². The third-order valence-corrected chi connectivity index (χ3v) is 3.89. The van der Waals surface area contributed by atoms with Crippen LogP contribution in [-0.4, -0.2) is 49.7 Å². The molecule has 0 saturated carbocycles. The maximum atomic E-state index is 13.1. The Morgan fingerprint density at radius 3 is 2.36 bits per heavy atom. The average molecular weight is 459 g/mol. The molecule has 1 aromatic carbocycles. The topological polar surface area (TPSA) is 44.6 Å². The Hall–Kier alpha value is -1.61. The monoisotopic (exact) mass is 459 g/mol. The quantitative estimate of drug-likeness (QED) is 0.380. The highest BCUT2D eigenvalue weighted by Gasteiger charge is 2.14. The minimum absolute atomic E-state index is 0. The van der Waals surface area contributed by atoms with Crippen LogP contribution >= 0.6 is 24.0 Å². The summed E-state index contributed by atoms with van der Waals surface area (Å²) in [7, 11) is 5.78. The summed E-state index contributed by atoms with van der Waals surface area (Å²) in [5, 5.41) is 6.64. The molecule has 25 heavy (non-hydrogen) atoms. The molecule has 0 bridgehead atoms. The summed E-state index contributed by atoms with van der Waals surface area (Å²) in [6.45, 7) is 2.35. The Morgan fingerprint density at radius 2 is 1.80 bits per heavy atom. The molecule has 0 radical (unpaired) electrons. The number of rotatable bonds is 7. The SMILES string of the molecule is CN=C(NCCn1cccc1)NCC(c1ccc(F)cc1)N(C)C.I. The number of guanidine groups is 1. The van der Waals surface area contributed by atoms with E-state index < -0.39 is 0 Å².